The summed E-state index contributed by atoms with van der Waals surface area (Å²) < 4.78 is 5.81. The first-order valence-corrected chi connectivity index (χ1v) is 11.0. The fourth-order valence-electron chi connectivity index (χ4n) is 3.65. The molecule has 0 spiro atoms. The van der Waals surface area contributed by atoms with E-state index in [1.807, 2.05) is 24.3 Å². The molecule has 3 aromatic rings. The van der Waals surface area contributed by atoms with Gasteiger partial charge in [0.15, 0.2) is 10.4 Å². The Balaban J connectivity index is 1.44. The van der Waals surface area contributed by atoms with Gasteiger partial charge in [0.25, 0.3) is 11.8 Å². The number of furan rings is 1. The number of nitrogens with one attached hydrogen (secondary N) is 1. The average Bonchev–Trinajstić information content (AvgIpc) is 3.45. The van der Waals surface area contributed by atoms with Crippen LogP contribution in [0.15, 0.2) is 69.8 Å². The predicted molar refractivity (Wildman–Crippen MR) is 125 cm³/mol. The molecule has 1 N–H and O–H groups in total. The second kappa shape index (κ2) is 9.40. The van der Waals surface area contributed by atoms with Gasteiger partial charge < -0.3 is 19.5 Å². The van der Waals surface area contributed by atoms with Gasteiger partial charge in [0.2, 0.25) is 5.91 Å². The van der Waals surface area contributed by atoms with Crippen molar-refractivity contribution in [3.63, 3.8) is 0 Å². The smallest absolute Gasteiger partial charge is 0.293 e. The second-order valence-electron chi connectivity index (χ2n) is 7.48. The molecule has 0 bridgehead atoms. The highest BCUT2D eigenvalue weighted by Crippen LogP contribution is 2.24. The highest BCUT2D eigenvalue weighted by atomic mass is 79.9. The average molecular weight is 496 g/mol. The zero-order chi connectivity index (χ0) is 22.7. The first-order valence-electron chi connectivity index (χ1n) is 10.2. The van der Waals surface area contributed by atoms with E-state index < -0.39 is 0 Å². The largest absolute Gasteiger partial charge is 0.444 e. The molecule has 1 fully saturated rings. The SMILES string of the molecule is CN(C(=O)c1ccc(Br)o1)c1ccccc1C(=O)NCc1ccc(N2CCCC2=O)cc1. The highest BCUT2D eigenvalue weighted by Gasteiger charge is 2.23. The lowest BCUT2D eigenvalue weighted by Gasteiger charge is -2.19. The summed E-state index contributed by atoms with van der Waals surface area (Å²) in [7, 11) is 1.60. The molecule has 164 valence electrons. The molecule has 2 heterocycles. The van der Waals surface area contributed by atoms with Crippen molar-refractivity contribution in [2.75, 3.05) is 23.4 Å². The zero-order valence-corrected chi connectivity index (χ0v) is 19.1. The summed E-state index contributed by atoms with van der Waals surface area (Å²) in [5.41, 5.74) is 2.65. The number of benzene rings is 2. The summed E-state index contributed by atoms with van der Waals surface area (Å²) in [4.78, 5) is 40.7. The Morgan fingerprint density at radius 1 is 1.09 bits per heavy atom. The van der Waals surface area contributed by atoms with Crippen LogP contribution in [0, 0.1) is 0 Å². The highest BCUT2D eigenvalue weighted by molar-refractivity contribution is 9.10. The number of para-hydroxylation sites is 1. The second-order valence-corrected chi connectivity index (χ2v) is 8.26. The number of carbonyl (C=O) groups excluding carboxylic acids is 3. The number of nitrogens with zero attached hydrogens (tertiary/aromatic N) is 2. The van der Waals surface area contributed by atoms with E-state index in [-0.39, 0.29) is 23.5 Å². The van der Waals surface area contributed by atoms with Gasteiger partial charge in [0.05, 0.1) is 11.3 Å². The molecule has 4 rings (SSSR count). The summed E-state index contributed by atoms with van der Waals surface area (Å²) in [6, 6.07) is 17.7. The summed E-state index contributed by atoms with van der Waals surface area (Å²) in [5, 5.41) is 2.90. The molecule has 7 nitrogen and oxygen atoms in total. The van der Waals surface area contributed by atoms with Gasteiger partial charge in [0, 0.05) is 32.2 Å². The molecule has 1 saturated heterocycles. The standard InChI is InChI=1S/C24H22BrN3O4/c1-27(24(31)20-12-13-21(25)32-20)19-6-3-2-5-18(19)23(30)26-15-16-8-10-17(11-9-16)28-14-4-7-22(28)29/h2-3,5-6,8-13H,4,7,14-15H2,1H3,(H,26,30). The van der Waals surface area contributed by atoms with E-state index in [2.05, 4.69) is 21.2 Å². The van der Waals surface area contributed by atoms with Gasteiger partial charge in [-0.3, -0.25) is 14.4 Å². The van der Waals surface area contributed by atoms with Crippen LogP contribution >= 0.6 is 15.9 Å². The van der Waals surface area contributed by atoms with E-state index in [4.69, 9.17) is 4.42 Å². The first kappa shape index (κ1) is 21.8. The quantitative estimate of drug-likeness (QED) is 0.550. The number of hydrogen-bond donors (Lipinski definition) is 1. The molecule has 0 aliphatic carbocycles. The molecule has 2 aromatic carbocycles. The van der Waals surface area contributed by atoms with Gasteiger partial charge in [-0.1, -0.05) is 24.3 Å². The Bertz CT molecular complexity index is 1160. The summed E-state index contributed by atoms with van der Waals surface area (Å²) >= 11 is 3.19. The molecule has 1 aliphatic rings. The van der Waals surface area contributed by atoms with E-state index >= 15 is 0 Å². The van der Waals surface area contributed by atoms with Gasteiger partial charge in [-0.15, -0.1) is 0 Å². The van der Waals surface area contributed by atoms with Crippen LogP contribution < -0.4 is 15.1 Å². The maximum atomic E-state index is 12.9. The molecule has 32 heavy (non-hydrogen) atoms. The number of hydrogen-bond acceptors (Lipinski definition) is 4. The van der Waals surface area contributed by atoms with Crippen molar-refractivity contribution in [3.8, 4) is 0 Å². The van der Waals surface area contributed by atoms with Crippen molar-refractivity contribution in [2.45, 2.75) is 19.4 Å². The van der Waals surface area contributed by atoms with Crippen LogP contribution in [0.25, 0.3) is 0 Å². The molecule has 3 amide bonds. The molecular weight excluding hydrogens is 474 g/mol. The topological polar surface area (TPSA) is 82.9 Å². The number of halogens is 1. The lowest BCUT2D eigenvalue weighted by atomic mass is 10.1. The number of carbonyl (C=O) groups is 3. The summed E-state index contributed by atoms with van der Waals surface area (Å²) in [6.45, 7) is 1.07. The molecule has 0 saturated carbocycles. The maximum absolute atomic E-state index is 12.9. The van der Waals surface area contributed by atoms with Gasteiger partial charge in [-0.05, 0) is 64.3 Å². The third-order valence-electron chi connectivity index (χ3n) is 5.37. The lowest BCUT2D eigenvalue weighted by Crippen LogP contribution is -2.30. The van der Waals surface area contributed by atoms with Crippen molar-refractivity contribution in [3.05, 3.63) is 82.2 Å². The molecule has 8 heteroatoms. The third kappa shape index (κ3) is 4.60. The van der Waals surface area contributed by atoms with Crippen LogP contribution in [0.3, 0.4) is 0 Å². The van der Waals surface area contributed by atoms with Crippen LogP contribution in [-0.2, 0) is 11.3 Å². The van der Waals surface area contributed by atoms with E-state index in [9.17, 15) is 14.4 Å². The van der Waals surface area contributed by atoms with Crippen LogP contribution in [0.2, 0.25) is 0 Å². The molecular formula is C24H22BrN3O4. The van der Waals surface area contributed by atoms with Crippen molar-refractivity contribution in [1.82, 2.24) is 5.32 Å². The van der Waals surface area contributed by atoms with Crippen molar-refractivity contribution >= 4 is 45.0 Å². The number of amides is 3. The Morgan fingerprint density at radius 2 is 1.84 bits per heavy atom. The molecule has 1 aliphatic heterocycles. The molecule has 0 unspecified atom stereocenters. The lowest BCUT2D eigenvalue weighted by molar-refractivity contribution is -0.117. The normalized spacial score (nSPS) is 13.3. The Kier molecular flexibility index (Phi) is 6.41. The Labute approximate surface area is 194 Å². The summed E-state index contributed by atoms with van der Waals surface area (Å²) in [5.74, 6) is -0.336. The van der Waals surface area contributed by atoms with E-state index in [0.29, 0.717) is 28.9 Å². The fraction of sp³-hybridized carbons (Fsp3) is 0.208. The summed E-state index contributed by atoms with van der Waals surface area (Å²) in [6.07, 6.45) is 1.47. The van der Waals surface area contributed by atoms with Crippen LogP contribution in [0.1, 0.15) is 39.3 Å². The van der Waals surface area contributed by atoms with E-state index in [1.165, 1.54) is 4.90 Å². The number of rotatable bonds is 6. The molecule has 0 radical (unpaired) electrons. The Hall–Kier alpha value is -3.39. The van der Waals surface area contributed by atoms with Gasteiger partial charge in [-0.25, -0.2) is 0 Å². The Morgan fingerprint density at radius 3 is 2.50 bits per heavy atom. The molecule has 0 atom stereocenters. The predicted octanol–water partition coefficient (Wildman–Crippen LogP) is 4.38. The zero-order valence-electron chi connectivity index (χ0n) is 17.5. The van der Waals surface area contributed by atoms with Crippen molar-refractivity contribution < 1.29 is 18.8 Å². The molecule has 1 aromatic heterocycles. The third-order valence-corrected chi connectivity index (χ3v) is 5.80. The van der Waals surface area contributed by atoms with E-state index in [0.717, 1.165) is 24.2 Å². The minimum absolute atomic E-state index is 0.142. The van der Waals surface area contributed by atoms with Crippen LogP contribution in [0.4, 0.5) is 11.4 Å². The van der Waals surface area contributed by atoms with Crippen molar-refractivity contribution in [1.29, 1.82) is 0 Å². The van der Waals surface area contributed by atoms with Crippen molar-refractivity contribution in [2.24, 2.45) is 0 Å². The van der Waals surface area contributed by atoms with Crippen LogP contribution in [0.5, 0.6) is 0 Å². The fourth-order valence-corrected chi connectivity index (χ4v) is 3.96. The van der Waals surface area contributed by atoms with Gasteiger partial charge in [0.1, 0.15) is 0 Å². The minimum atomic E-state index is -0.358. The van der Waals surface area contributed by atoms with Gasteiger partial charge in [-0.2, -0.15) is 0 Å². The van der Waals surface area contributed by atoms with E-state index in [1.54, 1.807) is 48.3 Å². The first-order chi connectivity index (χ1) is 15.4. The van der Waals surface area contributed by atoms with Crippen LogP contribution in [-0.4, -0.2) is 31.3 Å². The monoisotopic (exact) mass is 495 g/mol. The minimum Gasteiger partial charge on any atom is -0.444 e. The van der Waals surface area contributed by atoms with Gasteiger partial charge >= 0.3 is 0 Å². The maximum Gasteiger partial charge on any atom is 0.293 e. The number of anilines is 2.